The summed E-state index contributed by atoms with van der Waals surface area (Å²) >= 11 is 0. The molecule has 0 aliphatic rings. The van der Waals surface area contributed by atoms with E-state index in [1.54, 1.807) is 32.0 Å². The molecular formula is C14H15NO4S. The number of nitrogens with zero attached hydrogens (tertiary/aromatic N) is 1. The minimum absolute atomic E-state index is 0.00760. The minimum Gasteiger partial charge on any atom is -0.461 e. The number of hydrogen-bond donors (Lipinski definition) is 0. The molecule has 6 heteroatoms. The van der Waals surface area contributed by atoms with E-state index in [1.807, 2.05) is 0 Å². The SMILES string of the molecule is CCOC(=O)c1cc(C)cn1S(=O)(=O)c1ccccc1. The first-order valence-corrected chi connectivity index (χ1v) is 7.57. The number of aromatic nitrogens is 1. The number of carbonyl (C=O) groups is 1. The van der Waals surface area contributed by atoms with Gasteiger partial charge in [0.1, 0.15) is 5.69 Å². The summed E-state index contributed by atoms with van der Waals surface area (Å²) in [7, 11) is -3.80. The van der Waals surface area contributed by atoms with E-state index in [-0.39, 0.29) is 17.2 Å². The molecular weight excluding hydrogens is 278 g/mol. The number of benzene rings is 1. The van der Waals surface area contributed by atoms with E-state index in [2.05, 4.69) is 0 Å². The number of rotatable bonds is 4. The third kappa shape index (κ3) is 2.60. The lowest BCUT2D eigenvalue weighted by Gasteiger charge is -2.09. The lowest BCUT2D eigenvalue weighted by atomic mass is 10.3. The van der Waals surface area contributed by atoms with Crippen molar-refractivity contribution in [3.63, 3.8) is 0 Å². The fraction of sp³-hybridized carbons (Fsp3) is 0.214. The molecule has 0 spiro atoms. The summed E-state index contributed by atoms with van der Waals surface area (Å²) in [6.45, 7) is 3.58. The Kier molecular flexibility index (Phi) is 3.94. The Morgan fingerprint density at radius 3 is 2.50 bits per heavy atom. The Hall–Kier alpha value is -2.08. The summed E-state index contributed by atoms with van der Waals surface area (Å²) in [5.41, 5.74) is 0.681. The fourth-order valence-electron chi connectivity index (χ4n) is 1.83. The van der Waals surface area contributed by atoms with E-state index < -0.39 is 16.0 Å². The number of hydrogen-bond acceptors (Lipinski definition) is 4. The van der Waals surface area contributed by atoms with Gasteiger partial charge in [-0.25, -0.2) is 17.2 Å². The Labute approximate surface area is 117 Å². The molecule has 1 heterocycles. The van der Waals surface area contributed by atoms with Crippen molar-refractivity contribution in [1.29, 1.82) is 0 Å². The van der Waals surface area contributed by atoms with E-state index in [0.29, 0.717) is 5.56 Å². The van der Waals surface area contributed by atoms with Gasteiger partial charge in [0.25, 0.3) is 10.0 Å². The van der Waals surface area contributed by atoms with Crippen LogP contribution in [0.15, 0.2) is 47.5 Å². The van der Waals surface area contributed by atoms with Crippen molar-refractivity contribution < 1.29 is 17.9 Å². The average Bonchev–Trinajstić information content (AvgIpc) is 2.83. The van der Waals surface area contributed by atoms with Gasteiger partial charge in [0.05, 0.1) is 11.5 Å². The van der Waals surface area contributed by atoms with Crippen LogP contribution in [0.3, 0.4) is 0 Å². The molecule has 5 nitrogen and oxygen atoms in total. The first-order chi connectivity index (χ1) is 9.46. The molecule has 0 fully saturated rings. The second-order valence-electron chi connectivity index (χ2n) is 4.24. The summed E-state index contributed by atoms with van der Waals surface area (Å²) in [4.78, 5) is 12.0. The molecule has 0 radical (unpaired) electrons. The highest BCUT2D eigenvalue weighted by Gasteiger charge is 2.24. The highest BCUT2D eigenvalue weighted by molar-refractivity contribution is 7.90. The molecule has 0 aliphatic carbocycles. The highest BCUT2D eigenvalue weighted by atomic mass is 32.2. The fourth-order valence-corrected chi connectivity index (χ4v) is 3.25. The smallest absolute Gasteiger partial charge is 0.356 e. The van der Waals surface area contributed by atoms with Crippen molar-refractivity contribution >= 4 is 16.0 Å². The second kappa shape index (κ2) is 5.50. The number of esters is 1. The first-order valence-electron chi connectivity index (χ1n) is 6.13. The van der Waals surface area contributed by atoms with Crippen molar-refractivity contribution in [2.45, 2.75) is 18.7 Å². The van der Waals surface area contributed by atoms with E-state index in [4.69, 9.17) is 4.74 Å². The van der Waals surface area contributed by atoms with Crippen LogP contribution < -0.4 is 0 Å². The monoisotopic (exact) mass is 293 g/mol. The number of ether oxygens (including phenoxy) is 1. The summed E-state index contributed by atoms with van der Waals surface area (Å²) in [5, 5.41) is 0. The normalized spacial score (nSPS) is 11.3. The van der Waals surface area contributed by atoms with Crippen molar-refractivity contribution in [1.82, 2.24) is 3.97 Å². The third-order valence-electron chi connectivity index (χ3n) is 2.71. The molecule has 0 atom stereocenters. The lowest BCUT2D eigenvalue weighted by molar-refractivity contribution is 0.0518. The lowest BCUT2D eigenvalue weighted by Crippen LogP contribution is -2.19. The molecule has 0 saturated carbocycles. The van der Waals surface area contributed by atoms with Gasteiger partial charge in [-0.15, -0.1) is 0 Å². The van der Waals surface area contributed by atoms with Crippen molar-refractivity contribution in [3.8, 4) is 0 Å². The molecule has 0 N–H and O–H groups in total. The van der Waals surface area contributed by atoms with Gasteiger partial charge < -0.3 is 4.74 Å². The highest BCUT2D eigenvalue weighted by Crippen LogP contribution is 2.19. The Morgan fingerprint density at radius 2 is 1.90 bits per heavy atom. The van der Waals surface area contributed by atoms with Gasteiger partial charge in [-0.05, 0) is 37.6 Å². The molecule has 2 aromatic rings. The predicted octanol–water partition coefficient (Wildman–Crippen LogP) is 2.21. The zero-order valence-electron chi connectivity index (χ0n) is 11.2. The summed E-state index contributed by atoms with van der Waals surface area (Å²) in [6, 6.07) is 9.46. The van der Waals surface area contributed by atoms with Crippen LogP contribution in [0.2, 0.25) is 0 Å². The predicted molar refractivity (Wildman–Crippen MR) is 74.2 cm³/mol. The summed E-state index contributed by atoms with van der Waals surface area (Å²) in [5.74, 6) is -0.653. The van der Waals surface area contributed by atoms with Crippen LogP contribution >= 0.6 is 0 Å². The van der Waals surface area contributed by atoms with Gasteiger partial charge in [-0.2, -0.15) is 0 Å². The topological polar surface area (TPSA) is 65.4 Å². The number of carbonyl (C=O) groups excluding carboxylic acids is 1. The molecule has 2 rings (SSSR count). The summed E-state index contributed by atoms with van der Waals surface area (Å²) in [6.07, 6.45) is 1.41. The van der Waals surface area contributed by atoms with Gasteiger partial charge in [-0.3, -0.25) is 0 Å². The molecule has 0 unspecified atom stereocenters. The molecule has 0 bridgehead atoms. The standard InChI is InChI=1S/C14H15NO4S/c1-3-19-14(16)13-9-11(2)10-15(13)20(17,18)12-7-5-4-6-8-12/h4-10H,3H2,1-2H3. The quantitative estimate of drug-likeness (QED) is 0.811. The maximum atomic E-state index is 12.5. The van der Waals surface area contributed by atoms with E-state index in [9.17, 15) is 13.2 Å². The van der Waals surface area contributed by atoms with Gasteiger partial charge in [0, 0.05) is 6.20 Å². The average molecular weight is 293 g/mol. The maximum absolute atomic E-state index is 12.5. The largest absolute Gasteiger partial charge is 0.461 e. The Bertz CT molecular complexity index is 717. The van der Waals surface area contributed by atoms with Crippen LogP contribution in [0.4, 0.5) is 0 Å². The van der Waals surface area contributed by atoms with Crippen LogP contribution in [0, 0.1) is 6.92 Å². The molecule has 1 aromatic heterocycles. The summed E-state index contributed by atoms with van der Waals surface area (Å²) < 4.78 is 30.9. The zero-order valence-corrected chi connectivity index (χ0v) is 12.1. The van der Waals surface area contributed by atoms with Gasteiger partial charge in [0.2, 0.25) is 0 Å². The van der Waals surface area contributed by atoms with Crippen LogP contribution in [0.1, 0.15) is 23.0 Å². The van der Waals surface area contributed by atoms with Crippen LogP contribution in [0.5, 0.6) is 0 Å². The number of aryl methyl sites for hydroxylation is 1. The molecule has 0 amide bonds. The van der Waals surface area contributed by atoms with Crippen LogP contribution in [-0.4, -0.2) is 25.0 Å². The first kappa shape index (κ1) is 14.3. The zero-order chi connectivity index (χ0) is 14.8. The Balaban J connectivity index is 2.56. The van der Waals surface area contributed by atoms with Gasteiger partial charge >= 0.3 is 5.97 Å². The van der Waals surface area contributed by atoms with Gasteiger partial charge in [0.15, 0.2) is 0 Å². The van der Waals surface area contributed by atoms with E-state index in [1.165, 1.54) is 24.4 Å². The second-order valence-corrected chi connectivity index (χ2v) is 6.05. The molecule has 0 aliphatic heterocycles. The molecule has 106 valence electrons. The molecule has 0 saturated heterocycles. The maximum Gasteiger partial charge on any atom is 0.356 e. The third-order valence-corrected chi connectivity index (χ3v) is 4.40. The van der Waals surface area contributed by atoms with Gasteiger partial charge in [-0.1, -0.05) is 18.2 Å². The van der Waals surface area contributed by atoms with Crippen molar-refractivity contribution in [2.24, 2.45) is 0 Å². The van der Waals surface area contributed by atoms with Crippen LogP contribution in [0.25, 0.3) is 0 Å². The van der Waals surface area contributed by atoms with Crippen molar-refractivity contribution in [2.75, 3.05) is 6.61 Å². The Morgan fingerprint density at radius 1 is 1.25 bits per heavy atom. The van der Waals surface area contributed by atoms with Crippen molar-refractivity contribution in [3.05, 3.63) is 53.9 Å². The van der Waals surface area contributed by atoms with E-state index >= 15 is 0 Å². The molecule has 20 heavy (non-hydrogen) atoms. The minimum atomic E-state index is -3.80. The van der Waals surface area contributed by atoms with Crippen LogP contribution in [-0.2, 0) is 14.8 Å². The van der Waals surface area contributed by atoms with E-state index in [0.717, 1.165) is 3.97 Å². The molecule has 1 aromatic carbocycles.